The molecule has 0 atom stereocenters. The molecule has 0 amide bonds. The van der Waals surface area contributed by atoms with Gasteiger partial charge in [-0.1, -0.05) is 22.0 Å². The number of esters is 1. The SMILES string of the molecule is CN(C)/C=C1\N=C(c2cccc(Br)c2)OC1=O. The first-order valence-electron chi connectivity index (χ1n) is 5.01. The summed E-state index contributed by atoms with van der Waals surface area (Å²) in [6.07, 6.45) is 1.63. The molecule has 1 aliphatic heterocycles. The van der Waals surface area contributed by atoms with Crippen LogP contribution in [0.5, 0.6) is 0 Å². The predicted octanol–water partition coefficient (Wildman–Crippen LogP) is 2.16. The van der Waals surface area contributed by atoms with Crippen molar-refractivity contribution in [3.63, 3.8) is 0 Å². The second-order valence-electron chi connectivity index (χ2n) is 3.79. The van der Waals surface area contributed by atoms with Crippen LogP contribution in [-0.2, 0) is 9.53 Å². The van der Waals surface area contributed by atoms with Gasteiger partial charge in [-0.25, -0.2) is 9.79 Å². The topological polar surface area (TPSA) is 41.9 Å². The van der Waals surface area contributed by atoms with E-state index in [0.29, 0.717) is 11.6 Å². The van der Waals surface area contributed by atoms with Crippen molar-refractivity contribution in [3.8, 4) is 0 Å². The maximum Gasteiger partial charge on any atom is 0.365 e. The molecule has 0 radical (unpaired) electrons. The molecule has 5 heteroatoms. The Morgan fingerprint density at radius 1 is 1.41 bits per heavy atom. The highest BCUT2D eigenvalue weighted by Gasteiger charge is 2.24. The first-order valence-corrected chi connectivity index (χ1v) is 5.80. The zero-order valence-electron chi connectivity index (χ0n) is 9.48. The van der Waals surface area contributed by atoms with Crippen molar-refractivity contribution < 1.29 is 9.53 Å². The Morgan fingerprint density at radius 2 is 2.18 bits per heavy atom. The zero-order chi connectivity index (χ0) is 12.4. The standard InChI is InChI=1S/C12H11BrN2O2/c1-15(2)7-10-12(16)17-11(14-10)8-4-3-5-9(13)6-8/h3-7H,1-2H3/b10-7-. The van der Waals surface area contributed by atoms with Crippen molar-refractivity contribution in [3.05, 3.63) is 46.2 Å². The van der Waals surface area contributed by atoms with Gasteiger partial charge in [0.15, 0.2) is 5.70 Å². The molecular weight excluding hydrogens is 284 g/mol. The summed E-state index contributed by atoms with van der Waals surface area (Å²) in [5, 5.41) is 0. The molecule has 2 rings (SSSR count). The van der Waals surface area contributed by atoms with Gasteiger partial charge in [0.2, 0.25) is 5.90 Å². The molecule has 0 unspecified atom stereocenters. The molecule has 0 aliphatic carbocycles. The molecule has 0 bridgehead atoms. The number of aliphatic imine (C=N–C) groups is 1. The van der Waals surface area contributed by atoms with Crippen molar-refractivity contribution in [1.82, 2.24) is 4.90 Å². The van der Waals surface area contributed by atoms with E-state index in [1.54, 1.807) is 11.1 Å². The third kappa shape index (κ3) is 2.74. The maximum absolute atomic E-state index is 11.5. The summed E-state index contributed by atoms with van der Waals surface area (Å²) in [6, 6.07) is 7.46. The lowest BCUT2D eigenvalue weighted by atomic mass is 10.2. The van der Waals surface area contributed by atoms with Crippen LogP contribution >= 0.6 is 15.9 Å². The molecule has 17 heavy (non-hydrogen) atoms. The third-order valence-corrected chi connectivity index (χ3v) is 2.57. The van der Waals surface area contributed by atoms with Crippen molar-refractivity contribution in [2.24, 2.45) is 4.99 Å². The van der Waals surface area contributed by atoms with E-state index in [0.717, 1.165) is 10.0 Å². The summed E-state index contributed by atoms with van der Waals surface area (Å²) in [5.74, 6) is -0.0851. The summed E-state index contributed by atoms with van der Waals surface area (Å²) >= 11 is 3.36. The molecule has 1 aromatic rings. The van der Waals surface area contributed by atoms with Crippen LogP contribution in [0.25, 0.3) is 0 Å². The molecule has 1 aromatic carbocycles. The number of halogens is 1. The van der Waals surface area contributed by atoms with Gasteiger partial charge in [-0.2, -0.15) is 0 Å². The van der Waals surface area contributed by atoms with Gasteiger partial charge in [0.05, 0.1) is 0 Å². The zero-order valence-corrected chi connectivity index (χ0v) is 11.1. The minimum absolute atomic E-state index is 0.310. The number of rotatable bonds is 2. The Bertz CT molecular complexity index is 521. The number of ether oxygens (including phenoxy) is 1. The molecule has 0 fully saturated rings. The van der Waals surface area contributed by atoms with E-state index in [2.05, 4.69) is 20.9 Å². The first kappa shape index (κ1) is 11.9. The quantitative estimate of drug-likeness (QED) is 0.620. The molecule has 4 nitrogen and oxygen atoms in total. The van der Waals surface area contributed by atoms with Gasteiger partial charge < -0.3 is 9.64 Å². The van der Waals surface area contributed by atoms with Crippen molar-refractivity contribution in [1.29, 1.82) is 0 Å². The number of nitrogens with zero attached hydrogens (tertiary/aromatic N) is 2. The summed E-state index contributed by atoms with van der Waals surface area (Å²) in [6.45, 7) is 0. The molecule has 0 aromatic heterocycles. The molecule has 0 saturated carbocycles. The van der Waals surface area contributed by atoms with Crippen molar-refractivity contribution in [2.45, 2.75) is 0 Å². The molecule has 1 aliphatic rings. The van der Waals surface area contributed by atoms with E-state index >= 15 is 0 Å². The minimum atomic E-state index is -0.423. The number of hydrogen-bond donors (Lipinski definition) is 0. The monoisotopic (exact) mass is 294 g/mol. The van der Waals surface area contributed by atoms with Crippen molar-refractivity contribution >= 4 is 27.8 Å². The van der Waals surface area contributed by atoms with Gasteiger partial charge >= 0.3 is 5.97 Å². The van der Waals surface area contributed by atoms with Crippen LogP contribution in [0.4, 0.5) is 0 Å². The average Bonchev–Trinajstić information content (AvgIpc) is 2.59. The van der Waals surface area contributed by atoms with Crippen molar-refractivity contribution in [2.75, 3.05) is 14.1 Å². The van der Waals surface area contributed by atoms with E-state index in [1.807, 2.05) is 38.4 Å². The Kier molecular flexibility index (Phi) is 3.28. The largest absolute Gasteiger partial charge is 0.402 e. The van der Waals surface area contributed by atoms with Crippen LogP contribution in [0.15, 0.2) is 45.6 Å². The fourth-order valence-corrected chi connectivity index (χ4v) is 1.79. The number of cyclic esters (lactones) is 1. The van der Waals surface area contributed by atoms with Crippen LogP contribution < -0.4 is 0 Å². The van der Waals surface area contributed by atoms with E-state index in [1.165, 1.54) is 0 Å². The number of carbonyl (C=O) groups is 1. The van der Waals surface area contributed by atoms with Gasteiger partial charge in [0.25, 0.3) is 0 Å². The highest BCUT2D eigenvalue weighted by molar-refractivity contribution is 9.10. The fraction of sp³-hybridized carbons (Fsp3) is 0.167. The molecule has 0 saturated heterocycles. The molecule has 1 heterocycles. The summed E-state index contributed by atoms with van der Waals surface area (Å²) in [4.78, 5) is 17.5. The molecule has 0 N–H and O–H groups in total. The Balaban J connectivity index is 2.33. The van der Waals surface area contributed by atoms with Gasteiger partial charge in [0.1, 0.15) is 0 Å². The van der Waals surface area contributed by atoms with E-state index in [-0.39, 0.29) is 0 Å². The van der Waals surface area contributed by atoms with Crippen LogP contribution in [-0.4, -0.2) is 30.9 Å². The van der Waals surface area contributed by atoms with Gasteiger partial charge in [-0.15, -0.1) is 0 Å². The van der Waals surface area contributed by atoms with Gasteiger partial charge in [0, 0.05) is 30.3 Å². The van der Waals surface area contributed by atoms with Crippen LogP contribution in [0, 0.1) is 0 Å². The summed E-state index contributed by atoms with van der Waals surface area (Å²) in [5.41, 5.74) is 1.08. The second kappa shape index (κ2) is 4.71. The van der Waals surface area contributed by atoms with E-state index in [9.17, 15) is 4.79 Å². The highest BCUT2D eigenvalue weighted by atomic mass is 79.9. The first-order chi connectivity index (χ1) is 8.06. The minimum Gasteiger partial charge on any atom is -0.402 e. The van der Waals surface area contributed by atoms with Crippen LogP contribution in [0.2, 0.25) is 0 Å². The normalized spacial score (nSPS) is 17.0. The van der Waals surface area contributed by atoms with E-state index in [4.69, 9.17) is 4.74 Å². The van der Waals surface area contributed by atoms with Crippen LogP contribution in [0.1, 0.15) is 5.56 Å². The lowest BCUT2D eigenvalue weighted by Crippen LogP contribution is -2.07. The molecule has 88 valence electrons. The van der Waals surface area contributed by atoms with Gasteiger partial charge in [-0.3, -0.25) is 0 Å². The summed E-state index contributed by atoms with van der Waals surface area (Å²) in [7, 11) is 3.65. The fourth-order valence-electron chi connectivity index (χ4n) is 1.39. The molecule has 0 spiro atoms. The van der Waals surface area contributed by atoms with E-state index < -0.39 is 5.97 Å². The van der Waals surface area contributed by atoms with Crippen LogP contribution in [0.3, 0.4) is 0 Å². The Labute approximate surface area is 108 Å². The third-order valence-electron chi connectivity index (χ3n) is 2.07. The Hall–Kier alpha value is -1.62. The number of carbonyl (C=O) groups excluding carboxylic acids is 1. The highest BCUT2D eigenvalue weighted by Crippen LogP contribution is 2.19. The maximum atomic E-state index is 11.5. The Morgan fingerprint density at radius 3 is 2.82 bits per heavy atom. The smallest absolute Gasteiger partial charge is 0.365 e. The number of benzene rings is 1. The summed E-state index contributed by atoms with van der Waals surface area (Å²) < 4.78 is 6.03. The average molecular weight is 295 g/mol. The molecular formula is C12H11BrN2O2. The predicted molar refractivity (Wildman–Crippen MR) is 68.5 cm³/mol. The van der Waals surface area contributed by atoms with Gasteiger partial charge in [-0.05, 0) is 18.2 Å². The second-order valence-corrected chi connectivity index (χ2v) is 4.71. The lowest BCUT2D eigenvalue weighted by Gasteiger charge is -2.02. The number of hydrogen-bond acceptors (Lipinski definition) is 4. The lowest BCUT2D eigenvalue weighted by molar-refractivity contribution is -0.130.